The van der Waals surface area contributed by atoms with Crippen molar-refractivity contribution in [3.05, 3.63) is 35.4 Å². The highest BCUT2D eigenvalue weighted by molar-refractivity contribution is 5.18. The molecular weight excluding hydrogens is 174 g/mol. The molecule has 0 aromatic heterocycles. The lowest BCUT2D eigenvalue weighted by molar-refractivity contribution is 0.450. The van der Waals surface area contributed by atoms with Gasteiger partial charge in [-0.3, -0.25) is 0 Å². The zero-order chi connectivity index (χ0) is 9.84. The van der Waals surface area contributed by atoms with Gasteiger partial charge in [0.2, 0.25) is 0 Å². The first-order valence-corrected chi connectivity index (χ1v) is 3.68. The van der Waals surface area contributed by atoms with E-state index in [2.05, 4.69) is 0 Å². The molecule has 0 aliphatic carbocycles. The van der Waals surface area contributed by atoms with Crippen LogP contribution in [0.4, 0.5) is 8.78 Å². The predicted octanol–water partition coefficient (Wildman–Crippen LogP) is 1.88. The van der Waals surface area contributed by atoms with Crippen LogP contribution >= 0.6 is 0 Å². The van der Waals surface area contributed by atoms with Gasteiger partial charge < -0.3 is 4.90 Å². The number of rotatable bonds is 2. The van der Waals surface area contributed by atoms with Crippen LogP contribution in [0.15, 0.2) is 18.2 Å². The Morgan fingerprint density at radius 1 is 1.46 bits per heavy atom. The van der Waals surface area contributed by atoms with E-state index in [9.17, 15) is 8.78 Å². The van der Waals surface area contributed by atoms with Crippen molar-refractivity contribution in [1.82, 2.24) is 4.90 Å². The summed E-state index contributed by atoms with van der Waals surface area (Å²) in [6, 6.07) is 3.18. The Bertz CT molecular complexity index is 344. The maximum atomic E-state index is 13.0. The average Bonchev–Trinajstić information content (AvgIpc) is 2.11. The van der Waals surface area contributed by atoms with Gasteiger partial charge in [0.25, 0.3) is 0 Å². The first kappa shape index (κ1) is 9.46. The highest BCUT2D eigenvalue weighted by atomic mass is 19.1. The minimum atomic E-state index is -0.497. The van der Waals surface area contributed by atoms with E-state index in [-0.39, 0.29) is 12.1 Å². The second kappa shape index (κ2) is 3.85. The van der Waals surface area contributed by atoms with Gasteiger partial charge in [-0.05, 0) is 18.2 Å². The minimum Gasteiger partial charge on any atom is -0.309 e. The molecule has 13 heavy (non-hydrogen) atoms. The molecular formula is C9H8F2N2. The SMILES string of the molecule is CN(C#N)Cc1cc(F)ccc1F. The van der Waals surface area contributed by atoms with Gasteiger partial charge in [0, 0.05) is 12.6 Å². The normalized spacial score (nSPS) is 9.38. The highest BCUT2D eigenvalue weighted by Crippen LogP contribution is 2.10. The Labute approximate surface area is 75.0 Å². The van der Waals surface area contributed by atoms with Gasteiger partial charge in [0.15, 0.2) is 6.19 Å². The van der Waals surface area contributed by atoms with Crippen LogP contribution in [0.25, 0.3) is 0 Å². The van der Waals surface area contributed by atoms with Gasteiger partial charge in [0.1, 0.15) is 11.6 Å². The maximum absolute atomic E-state index is 13.0. The second-order valence-corrected chi connectivity index (χ2v) is 2.69. The Morgan fingerprint density at radius 2 is 2.15 bits per heavy atom. The molecule has 0 fully saturated rings. The summed E-state index contributed by atoms with van der Waals surface area (Å²) in [6.07, 6.45) is 1.80. The van der Waals surface area contributed by atoms with E-state index in [1.54, 1.807) is 6.19 Å². The molecule has 0 heterocycles. The molecule has 4 heteroatoms. The third-order valence-electron chi connectivity index (χ3n) is 1.59. The molecule has 0 unspecified atom stereocenters. The molecule has 0 spiro atoms. The average molecular weight is 182 g/mol. The topological polar surface area (TPSA) is 27.0 Å². The Morgan fingerprint density at radius 3 is 2.77 bits per heavy atom. The van der Waals surface area contributed by atoms with Crippen LogP contribution in [0.3, 0.4) is 0 Å². The van der Waals surface area contributed by atoms with Crippen LogP contribution in [-0.4, -0.2) is 11.9 Å². The predicted molar refractivity (Wildman–Crippen MR) is 43.4 cm³/mol. The molecule has 0 N–H and O–H groups in total. The van der Waals surface area contributed by atoms with Crippen molar-refractivity contribution in [2.75, 3.05) is 7.05 Å². The van der Waals surface area contributed by atoms with E-state index in [4.69, 9.17) is 5.26 Å². The lowest BCUT2D eigenvalue weighted by atomic mass is 10.2. The summed E-state index contributed by atoms with van der Waals surface area (Å²) < 4.78 is 25.6. The monoisotopic (exact) mass is 182 g/mol. The standard InChI is InChI=1S/C9H8F2N2/c1-13(6-12)5-7-4-8(10)2-3-9(7)11/h2-4H,5H2,1H3. The van der Waals surface area contributed by atoms with Crippen molar-refractivity contribution in [3.63, 3.8) is 0 Å². The number of nitrogens with zero attached hydrogens (tertiary/aromatic N) is 2. The van der Waals surface area contributed by atoms with E-state index in [0.717, 1.165) is 18.2 Å². The molecule has 0 bridgehead atoms. The van der Waals surface area contributed by atoms with Crippen molar-refractivity contribution in [3.8, 4) is 6.19 Å². The molecule has 0 atom stereocenters. The number of benzene rings is 1. The van der Waals surface area contributed by atoms with E-state index in [1.807, 2.05) is 0 Å². The number of nitriles is 1. The Hall–Kier alpha value is -1.63. The van der Waals surface area contributed by atoms with Crippen LogP contribution in [0.5, 0.6) is 0 Å². The summed E-state index contributed by atoms with van der Waals surface area (Å²) in [7, 11) is 1.50. The van der Waals surface area contributed by atoms with Crippen molar-refractivity contribution in [1.29, 1.82) is 5.26 Å². The van der Waals surface area contributed by atoms with Crippen LogP contribution in [0.2, 0.25) is 0 Å². The van der Waals surface area contributed by atoms with Crippen molar-refractivity contribution >= 4 is 0 Å². The molecule has 2 nitrogen and oxygen atoms in total. The van der Waals surface area contributed by atoms with Crippen molar-refractivity contribution in [2.45, 2.75) is 6.54 Å². The fourth-order valence-electron chi connectivity index (χ4n) is 0.955. The highest BCUT2D eigenvalue weighted by Gasteiger charge is 2.05. The summed E-state index contributed by atoms with van der Waals surface area (Å²) in [5.41, 5.74) is 0.184. The zero-order valence-electron chi connectivity index (χ0n) is 7.09. The van der Waals surface area contributed by atoms with Crippen LogP contribution in [-0.2, 0) is 6.54 Å². The molecule has 0 saturated heterocycles. The van der Waals surface area contributed by atoms with Gasteiger partial charge >= 0.3 is 0 Å². The van der Waals surface area contributed by atoms with E-state index < -0.39 is 11.6 Å². The maximum Gasteiger partial charge on any atom is 0.179 e. The number of hydrogen-bond acceptors (Lipinski definition) is 2. The quantitative estimate of drug-likeness (QED) is 0.515. The molecule has 0 aliphatic rings. The molecule has 0 saturated carbocycles. The van der Waals surface area contributed by atoms with Gasteiger partial charge in [-0.1, -0.05) is 0 Å². The molecule has 1 aromatic carbocycles. The van der Waals surface area contributed by atoms with E-state index in [1.165, 1.54) is 11.9 Å². The van der Waals surface area contributed by atoms with E-state index >= 15 is 0 Å². The van der Waals surface area contributed by atoms with E-state index in [0.29, 0.717) is 0 Å². The second-order valence-electron chi connectivity index (χ2n) is 2.69. The molecule has 0 aliphatic heterocycles. The third kappa shape index (κ3) is 2.41. The Balaban J connectivity index is 2.88. The van der Waals surface area contributed by atoms with Crippen molar-refractivity contribution < 1.29 is 8.78 Å². The summed E-state index contributed by atoms with van der Waals surface area (Å²) in [5, 5.41) is 8.42. The zero-order valence-corrected chi connectivity index (χ0v) is 7.09. The van der Waals surface area contributed by atoms with Gasteiger partial charge in [0.05, 0.1) is 6.54 Å². The smallest absolute Gasteiger partial charge is 0.179 e. The molecule has 0 radical (unpaired) electrons. The first-order chi connectivity index (χ1) is 6.13. The number of halogens is 2. The summed E-state index contributed by atoms with van der Waals surface area (Å²) in [4.78, 5) is 1.22. The largest absolute Gasteiger partial charge is 0.309 e. The van der Waals surface area contributed by atoms with Crippen molar-refractivity contribution in [2.24, 2.45) is 0 Å². The molecule has 1 rings (SSSR count). The summed E-state index contributed by atoms with van der Waals surface area (Å²) in [5.74, 6) is -0.994. The molecule has 68 valence electrons. The fraction of sp³-hybridized carbons (Fsp3) is 0.222. The fourth-order valence-corrected chi connectivity index (χ4v) is 0.955. The lowest BCUT2D eigenvalue weighted by Crippen LogP contribution is -2.11. The summed E-state index contributed by atoms with van der Waals surface area (Å²) >= 11 is 0. The van der Waals surface area contributed by atoms with Crippen LogP contribution in [0, 0.1) is 23.1 Å². The first-order valence-electron chi connectivity index (χ1n) is 3.68. The third-order valence-corrected chi connectivity index (χ3v) is 1.59. The van der Waals surface area contributed by atoms with Crippen LogP contribution < -0.4 is 0 Å². The van der Waals surface area contributed by atoms with Gasteiger partial charge in [-0.2, -0.15) is 5.26 Å². The van der Waals surface area contributed by atoms with Gasteiger partial charge in [-0.15, -0.1) is 0 Å². The summed E-state index contributed by atoms with van der Waals surface area (Å²) in [6.45, 7) is 0.0834. The van der Waals surface area contributed by atoms with Gasteiger partial charge in [-0.25, -0.2) is 8.78 Å². The minimum absolute atomic E-state index is 0.0834. The van der Waals surface area contributed by atoms with Crippen LogP contribution in [0.1, 0.15) is 5.56 Å². The Kier molecular flexibility index (Phi) is 2.80. The molecule has 1 aromatic rings. The number of hydrogen-bond donors (Lipinski definition) is 0. The lowest BCUT2D eigenvalue weighted by Gasteiger charge is -2.09. The molecule has 0 amide bonds.